The monoisotopic (exact) mass is 324 g/mol. The first-order chi connectivity index (χ1) is 11.8. The fourth-order valence-electron chi connectivity index (χ4n) is 3.48. The summed E-state index contributed by atoms with van der Waals surface area (Å²) in [7, 11) is 0. The number of anilines is 1. The molecule has 1 saturated carbocycles. The van der Waals surface area contributed by atoms with E-state index in [0.29, 0.717) is 0 Å². The van der Waals surface area contributed by atoms with E-state index in [1.165, 1.54) is 25.7 Å². The first-order valence-corrected chi connectivity index (χ1v) is 8.60. The lowest BCUT2D eigenvalue weighted by Crippen LogP contribution is -2.27. The van der Waals surface area contributed by atoms with Crippen LogP contribution in [0.3, 0.4) is 0 Å². The third-order valence-electron chi connectivity index (χ3n) is 4.82. The molecule has 0 aliphatic heterocycles. The van der Waals surface area contributed by atoms with Gasteiger partial charge in [0.25, 0.3) is 5.91 Å². The van der Waals surface area contributed by atoms with Crippen LogP contribution < -0.4 is 10.8 Å². The Balaban J connectivity index is 1.72. The highest BCUT2D eigenvalue weighted by molar-refractivity contribution is 5.86. The molecule has 1 unspecified atom stereocenters. The number of carbonyl (C=O) groups is 1. The molecule has 4 heteroatoms. The van der Waals surface area contributed by atoms with Gasteiger partial charge in [-0.1, -0.05) is 55.3 Å². The molecular weight excluding hydrogens is 300 g/mol. The van der Waals surface area contributed by atoms with Gasteiger partial charge in [-0.25, -0.2) is 5.48 Å². The van der Waals surface area contributed by atoms with E-state index in [9.17, 15) is 4.79 Å². The molecule has 1 atom stereocenters. The third-order valence-corrected chi connectivity index (χ3v) is 4.82. The Morgan fingerprint density at radius 3 is 2.25 bits per heavy atom. The van der Waals surface area contributed by atoms with Gasteiger partial charge in [0.05, 0.1) is 5.92 Å². The summed E-state index contributed by atoms with van der Waals surface area (Å²) in [5.74, 6) is -0.158. The Morgan fingerprint density at radius 1 is 1.00 bits per heavy atom. The van der Waals surface area contributed by atoms with E-state index in [-0.39, 0.29) is 0 Å². The van der Waals surface area contributed by atoms with Crippen molar-refractivity contribution in [2.45, 2.75) is 31.6 Å². The van der Waals surface area contributed by atoms with Crippen molar-refractivity contribution < 1.29 is 10.0 Å². The van der Waals surface area contributed by atoms with Gasteiger partial charge in [-0.05, 0) is 42.0 Å². The second kappa shape index (κ2) is 7.97. The minimum absolute atomic E-state index is 0.423. The van der Waals surface area contributed by atoms with Crippen LogP contribution in [-0.2, 0) is 4.79 Å². The summed E-state index contributed by atoms with van der Waals surface area (Å²) in [4.78, 5) is 12.1. The minimum Gasteiger partial charge on any atom is -0.385 e. The van der Waals surface area contributed by atoms with Crippen LogP contribution in [0.5, 0.6) is 0 Å². The molecule has 126 valence electrons. The zero-order valence-corrected chi connectivity index (χ0v) is 13.7. The average Bonchev–Trinajstić information content (AvgIpc) is 3.15. The predicted octanol–water partition coefficient (Wildman–Crippen LogP) is 3.93. The lowest BCUT2D eigenvalue weighted by atomic mass is 9.90. The van der Waals surface area contributed by atoms with Crippen LogP contribution in [-0.4, -0.2) is 17.7 Å². The molecule has 2 aromatic rings. The van der Waals surface area contributed by atoms with Gasteiger partial charge in [-0.15, -0.1) is 0 Å². The number of hydrogen-bond donors (Lipinski definition) is 3. The van der Waals surface area contributed by atoms with E-state index >= 15 is 0 Å². The highest BCUT2D eigenvalue weighted by Crippen LogP contribution is 2.27. The standard InChI is InChI=1S/C20H24N2O2/c23-20(22-24)19(16-8-2-1-3-9-16)17-10-12-18(13-11-17)21-14-15-6-4-5-7-15/h1-3,8-13,15,19,21,24H,4-7,14H2,(H,22,23). The maximum absolute atomic E-state index is 12.1. The van der Waals surface area contributed by atoms with E-state index in [0.717, 1.165) is 29.3 Å². The summed E-state index contributed by atoms with van der Waals surface area (Å²) < 4.78 is 0. The molecule has 0 spiro atoms. The zero-order valence-electron chi connectivity index (χ0n) is 13.7. The molecule has 0 saturated heterocycles. The van der Waals surface area contributed by atoms with Crippen molar-refractivity contribution in [2.75, 3.05) is 11.9 Å². The molecule has 1 fully saturated rings. The number of hydroxylamine groups is 1. The van der Waals surface area contributed by atoms with Gasteiger partial charge >= 0.3 is 0 Å². The highest BCUT2D eigenvalue weighted by atomic mass is 16.5. The van der Waals surface area contributed by atoms with Crippen molar-refractivity contribution in [1.82, 2.24) is 5.48 Å². The van der Waals surface area contributed by atoms with Crippen molar-refractivity contribution in [3.05, 3.63) is 65.7 Å². The molecular formula is C20H24N2O2. The Morgan fingerprint density at radius 2 is 1.62 bits per heavy atom. The van der Waals surface area contributed by atoms with Crippen LogP contribution in [0.1, 0.15) is 42.7 Å². The highest BCUT2D eigenvalue weighted by Gasteiger charge is 2.22. The average molecular weight is 324 g/mol. The van der Waals surface area contributed by atoms with Crippen LogP contribution >= 0.6 is 0 Å². The number of rotatable bonds is 6. The summed E-state index contributed by atoms with van der Waals surface area (Å²) in [6, 6.07) is 17.4. The lowest BCUT2D eigenvalue weighted by molar-refractivity contribution is -0.129. The molecule has 3 N–H and O–H groups in total. The molecule has 3 rings (SSSR count). The van der Waals surface area contributed by atoms with Gasteiger partial charge in [-0.3, -0.25) is 10.0 Å². The van der Waals surface area contributed by atoms with Gasteiger partial charge in [0.15, 0.2) is 0 Å². The minimum atomic E-state index is -0.514. The smallest absolute Gasteiger partial charge is 0.255 e. The number of amides is 1. The first kappa shape index (κ1) is 16.5. The van der Waals surface area contributed by atoms with Crippen molar-refractivity contribution in [3.8, 4) is 0 Å². The molecule has 4 nitrogen and oxygen atoms in total. The normalized spacial score (nSPS) is 15.9. The molecule has 1 aliphatic carbocycles. The first-order valence-electron chi connectivity index (χ1n) is 8.60. The molecule has 1 aliphatic rings. The quantitative estimate of drug-likeness (QED) is 0.557. The Labute approximate surface area is 142 Å². The van der Waals surface area contributed by atoms with Crippen LogP contribution in [0.25, 0.3) is 0 Å². The van der Waals surface area contributed by atoms with Crippen LogP contribution in [0.2, 0.25) is 0 Å². The Kier molecular flexibility index (Phi) is 5.49. The van der Waals surface area contributed by atoms with Crippen molar-refractivity contribution >= 4 is 11.6 Å². The van der Waals surface area contributed by atoms with E-state index in [1.54, 1.807) is 5.48 Å². The van der Waals surface area contributed by atoms with Crippen LogP contribution in [0.15, 0.2) is 54.6 Å². The van der Waals surface area contributed by atoms with E-state index in [4.69, 9.17) is 5.21 Å². The third kappa shape index (κ3) is 3.95. The van der Waals surface area contributed by atoms with Crippen molar-refractivity contribution in [3.63, 3.8) is 0 Å². The number of nitrogens with one attached hydrogen (secondary N) is 2. The Hall–Kier alpha value is -2.33. The molecule has 24 heavy (non-hydrogen) atoms. The maximum Gasteiger partial charge on any atom is 0.255 e. The van der Waals surface area contributed by atoms with Gasteiger partial charge in [-0.2, -0.15) is 0 Å². The molecule has 0 bridgehead atoms. The van der Waals surface area contributed by atoms with E-state index in [1.807, 2.05) is 54.6 Å². The van der Waals surface area contributed by atoms with Crippen molar-refractivity contribution in [1.29, 1.82) is 0 Å². The van der Waals surface area contributed by atoms with Gasteiger partial charge in [0, 0.05) is 12.2 Å². The molecule has 2 aromatic carbocycles. The fourth-order valence-corrected chi connectivity index (χ4v) is 3.48. The molecule has 0 aromatic heterocycles. The second-order valence-electron chi connectivity index (χ2n) is 6.47. The second-order valence-corrected chi connectivity index (χ2v) is 6.47. The van der Waals surface area contributed by atoms with Crippen LogP contribution in [0, 0.1) is 5.92 Å². The maximum atomic E-state index is 12.1. The summed E-state index contributed by atoms with van der Waals surface area (Å²) in [6.07, 6.45) is 5.33. The van der Waals surface area contributed by atoms with E-state index < -0.39 is 11.8 Å². The van der Waals surface area contributed by atoms with Gasteiger partial charge < -0.3 is 5.32 Å². The summed E-state index contributed by atoms with van der Waals surface area (Å²) in [5.41, 5.74) is 4.57. The number of carbonyl (C=O) groups excluding carboxylic acids is 1. The zero-order chi connectivity index (χ0) is 16.8. The van der Waals surface area contributed by atoms with E-state index in [2.05, 4.69) is 5.32 Å². The largest absolute Gasteiger partial charge is 0.385 e. The molecule has 0 radical (unpaired) electrons. The van der Waals surface area contributed by atoms with Gasteiger partial charge in [0.2, 0.25) is 0 Å². The molecule has 0 heterocycles. The fraction of sp³-hybridized carbons (Fsp3) is 0.350. The van der Waals surface area contributed by atoms with Crippen molar-refractivity contribution in [2.24, 2.45) is 5.92 Å². The summed E-state index contributed by atoms with van der Waals surface area (Å²) in [5, 5.41) is 12.6. The lowest BCUT2D eigenvalue weighted by Gasteiger charge is -2.17. The SMILES string of the molecule is O=C(NO)C(c1ccccc1)c1ccc(NCC2CCCC2)cc1. The van der Waals surface area contributed by atoms with Gasteiger partial charge in [0.1, 0.15) is 0 Å². The summed E-state index contributed by atoms with van der Waals surface area (Å²) in [6.45, 7) is 1.01. The summed E-state index contributed by atoms with van der Waals surface area (Å²) >= 11 is 0. The molecule has 1 amide bonds. The topological polar surface area (TPSA) is 61.4 Å². The predicted molar refractivity (Wildman–Crippen MR) is 95.1 cm³/mol. The number of hydrogen-bond acceptors (Lipinski definition) is 3. The number of benzene rings is 2. The van der Waals surface area contributed by atoms with Crippen LogP contribution in [0.4, 0.5) is 5.69 Å². The Bertz CT molecular complexity index is 649.